The summed E-state index contributed by atoms with van der Waals surface area (Å²) in [7, 11) is 0. The van der Waals surface area contributed by atoms with E-state index in [-0.39, 0.29) is 0 Å². The molecule has 0 bridgehead atoms. The van der Waals surface area contributed by atoms with Gasteiger partial charge in [0, 0.05) is 18.0 Å². The van der Waals surface area contributed by atoms with Gasteiger partial charge in [-0.05, 0) is 43.2 Å². The molecule has 2 rings (SSSR count). The predicted octanol–water partition coefficient (Wildman–Crippen LogP) is 3.02. The smallest absolute Gasteiger partial charge is 0.127 e. The van der Waals surface area contributed by atoms with E-state index in [9.17, 15) is 5.11 Å². The normalized spacial score (nSPS) is 11.0. The number of benzene rings is 1. The van der Waals surface area contributed by atoms with Crippen LogP contribution in [-0.4, -0.2) is 16.3 Å². The number of phenolic OH excluding ortho intramolecular Hbond substituents is 1. The number of aromatic nitrogens is 1. The molecule has 0 spiro atoms. The van der Waals surface area contributed by atoms with Gasteiger partial charge < -0.3 is 5.11 Å². The fourth-order valence-electron chi connectivity index (χ4n) is 1.82. The summed E-state index contributed by atoms with van der Waals surface area (Å²) in [6, 6.07) is 9.61. The molecular weight excluding hydrogens is 224 g/mol. The molecule has 0 amide bonds. The molecule has 0 aliphatic heterocycles. The molecule has 0 saturated carbocycles. The molecule has 0 aliphatic carbocycles. The van der Waals surface area contributed by atoms with Crippen LogP contribution in [0.4, 0.5) is 0 Å². The Labute approximate surface area is 107 Å². The van der Waals surface area contributed by atoms with E-state index in [4.69, 9.17) is 0 Å². The van der Waals surface area contributed by atoms with Gasteiger partial charge in [-0.25, -0.2) is 0 Å². The van der Waals surface area contributed by atoms with Gasteiger partial charge in [0.15, 0.2) is 0 Å². The first-order valence-corrected chi connectivity index (χ1v) is 5.87. The Bertz CT molecular complexity index is 562. The second kappa shape index (κ2) is 5.45. The molecule has 1 heterocycles. The van der Waals surface area contributed by atoms with Gasteiger partial charge in [-0.1, -0.05) is 12.1 Å². The Morgan fingerprint density at radius 3 is 2.83 bits per heavy atom. The second-order valence-electron chi connectivity index (χ2n) is 4.31. The zero-order valence-corrected chi connectivity index (χ0v) is 10.6. The van der Waals surface area contributed by atoms with Crippen LogP contribution in [0.2, 0.25) is 0 Å². The summed E-state index contributed by atoms with van der Waals surface area (Å²) in [5, 5.41) is 9.91. The van der Waals surface area contributed by atoms with Crippen LogP contribution in [0.1, 0.15) is 22.4 Å². The van der Waals surface area contributed by atoms with Crippen molar-refractivity contribution in [3.63, 3.8) is 0 Å². The summed E-state index contributed by atoms with van der Waals surface area (Å²) in [5.41, 5.74) is 3.65. The average Bonchev–Trinajstić information content (AvgIpc) is 2.36. The van der Waals surface area contributed by atoms with Crippen molar-refractivity contribution < 1.29 is 5.11 Å². The molecule has 3 nitrogen and oxygen atoms in total. The van der Waals surface area contributed by atoms with Crippen molar-refractivity contribution in [2.24, 2.45) is 4.99 Å². The molecule has 0 aliphatic rings. The number of nitrogens with zero attached hydrogens (tertiary/aromatic N) is 2. The minimum Gasteiger partial charge on any atom is -0.507 e. The standard InChI is InChI=1S/C15H16N2O/c1-11-7-12(2)15(18)13(8-11)9-16-10-14-5-3-4-6-17-14/h3-9,18H,10H2,1-2H3. The Morgan fingerprint density at radius 2 is 2.11 bits per heavy atom. The van der Waals surface area contributed by atoms with Gasteiger partial charge >= 0.3 is 0 Å². The maximum Gasteiger partial charge on any atom is 0.127 e. The molecule has 1 aromatic heterocycles. The second-order valence-corrected chi connectivity index (χ2v) is 4.31. The van der Waals surface area contributed by atoms with Crippen LogP contribution in [0.15, 0.2) is 41.5 Å². The number of rotatable bonds is 3. The molecule has 0 saturated heterocycles. The van der Waals surface area contributed by atoms with E-state index < -0.39 is 0 Å². The van der Waals surface area contributed by atoms with Crippen LogP contribution in [0, 0.1) is 13.8 Å². The Kier molecular flexibility index (Phi) is 3.72. The van der Waals surface area contributed by atoms with Crippen molar-refractivity contribution >= 4 is 6.21 Å². The molecule has 1 aromatic carbocycles. The molecule has 0 radical (unpaired) electrons. The third kappa shape index (κ3) is 2.94. The average molecular weight is 240 g/mol. The number of aromatic hydroxyl groups is 1. The van der Waals surface area contributed by atoms with Crippen molar-refractivity contribution in [3.8, 4) is 5.75 Å². The van der Waals surface area contributed by atoms with E-state index in [2.05, 4.69) is 9.98 Å². The molecule has 0 unspecified atom stereocenters. The minimum absolute atomic E-state index is 0.297. The number of pyridine rings is 1. The first kappa shape index (κ1) is 12.3. The molecule has 0 fully saturated rings. The number of hydrogen-bond acceptors (Lipinski definition) is 3. The summed E-state index contributed by atoms with van der Waals surface area (Å²) in [6.45, 7) is 4.41. The summed E-state index contributed by atoms with van der Waals surface area (Å²) in [5.74, 6) is 0.297. The Balaban J connectivity index is 2.15. The topological polar surface area (TPSA) is 45.5 Å². The fourth-order valence-corrected chi connectivity index (χ4v) is 1.82. The van der Waals surface area contributed by atoms with Crippen molar-refractivity contribution in [3.05, 3.63) is 58.9 Å². The zero-order chi connectivity index (χ0) is 13.0. The summed E-state index contributed by atoms with van der Waals surface area (Å²) >= 11 is 0. The Morgan fingerprint density at radius 1 is 1.28 bits per heavy atom. The lowest BCUT2D eigenvalue weighted by Gasteiger charge is -2.04. The molecule has 92 valence electrons. The highest BCUT2D eigenvalue weighted by atomic mass is 16.3. The largest absolute Gasteiger partial charge is 0.507 e. The highest BCUT2D eigenvalue weighted by Crippen LogP contribution is 2.22. The van der Waals surface area contributed by atoms with Gasteiger partial charge in [0.1, 0.15) is 5.75 Å². The van der Waals surface area contributed by atoms with Crippen LogP contribution in [0.25, 0.3) is 0 Å². The van der Waals surface area contributed by atoms with Crippen molar-refractivity contribution in [1.82, 2.24) is 4.98 Å². The zero-order valence-electron chi connectivity index (χ0n) is 10.6. The van der Waals surface area contributed by atoms with E-state index in [1.54, 1.807) is 12.4 Å². The van der Waals surface area contributed by atoms with Crippen molar-refractivity contribution in [2.45, 2.75) is 20.4 Å². The predicted molar refractivity (Wildman–Crippen MR) is 73.1 cm³/mol. The highest BCUT2D eigenvalue weighted by Gasteiger charge is 2.02. The lowest BCUT2D eigenvalue weighted by atomic mass is 10.1. The van der Waals surface area contributed by atoms with E-state index >= 15 is 0 Å². The van der Waals surface area contributed by atoms with Gasteiger partial charge in [-0.2, -0.15) is 0 Å². The first-order valence-electron chi connectivity index (χ1n) is 5.87. The van der Waals surface area contributed by atoms with Crippen LogP contribution >= 0.6 is 0 Å². The summed E-state index contributed by atoms with van der Waals surface area (Å²) < 4.78 is 0. The molecule has 0 atom stereocenters. The van der Waals surface area contributed by atoms with Crippen LogP contribution in [-0.2, 0) is 6.54 Å². The van der Waals surface area contributed by atoms with Gasteiger partial charge in [0.05, 0.1) is 12.2 Å². The van der Waals surface area contributed by atoms with Crippen molar-refractivity contribution in [1.29, 1.82) is 0 Å². The third-order valence-corrected chi connectivity index (χ3v) is 2.68. The maximum absolute atomic E-state index is 9.91. The quantitative estimate of drug-likeness (QED) is 0.838. The minimum atomic E-state index is 0.297. The fraction of sp³-hybridized carbons (Fsp3) is 0.200. The number of aliphatic imine (C=N–C) groups is 1. The van der Waals surface area contributed by atoms with Gasteiger partial charge in [0.25, 0.3) is 0 Å². The van der Waals surface area contributed by atoms with Crippen LogP contribution < -0.4 is 0 Å². The number of hydrogen-bond donors (Lipinski definition) is 1. The first-order chi connectivity index (χ1) is 8.66. The SMILES string of the molecule is Cc1cc(C)c(O)c(C=NCc2ccccn2)c1. The molecule has 2 aromatic rings. The number of phenols is 1. The van der Waals surface area contributed by atoms with E-state index in [1.165, 1.54) is 0 Å². The summed E-state index contributed by atoms with van der Waals surface area (Å²) in [4.78, 5) is 8.50. The molecular formula is C15H16N2O. The lowest BCUT2D eigenvalue weighted by Crippen LogP contribution is -1.90. The van der Waals surface area contributed by atoms with Gasteiger partial charge in [0.2, 0.25) is 0 Å². The maximum atomic E-state index is 9.91. The molecule has 18 heavy (non-hydrogen) atoms. The Hall–Kier alpha value is -2.16. The summed E-state index contributed by atoms with van der Waals surface area (Å²) in [6.07, 6.45) is 3.45. The number of aryl methyl sites for hydroxylation is 2. The van der Waals surface area contributed by atoms with Crippen LogP contribution in [0.5, 0.6) is 5.75 Å². The molecule has 3 heteroatoms. The third-order valence-electron chi connectivity index (χ3n) is 2.68. The van der Waals surface area contributed by atoms with E-state index in [1.807, 2.05) is 44.2 Å². The van der Waals surface area contributed by atoms with Crippen molar-refractivity contribution in [2.75, 3.05) is 0 Å². The van der Waals surface area contributed by atoms with Crippen LogP contribution in [0.3, 0.4) is 0 Å². The van der Waals surface area contributed by atoms with E-state index in [0.29, 0.717) is 12.3 Å². The molecule has 1 N–H and O–H groups in total. The van der Waals surface area contributed by atoms with Gasteiger partial charge in [-0.3, -0.25) is 9.98 Å². The highest BCUT2D eigenvalue weighted by molar-refractivity contribution is 5.84. The van der Waals surface area contributed by atoms with E-state index in [0.717, 1.165) is 22.4 Å². The van der Waals surface area contributed by atoms with Gasteiger partial charge in [-0.15, -0.1) is 0 Å². The lowest BCUT2D eigenvalue weighted by molar-refractivity contribution is 0.470. The monoisotopic (exact) mass is 240 g/mol.